The van der Waals surface area contributed by atoms with Gasteiger partial charge in [0.2, 0.25) is 0 Å². The number of aliphatic carboxylic acids is 4. The van der Waals surface area contributed by atoms with Crippen molar-refractivity contribution in [1.82, 2.24) is 9.80 Å². The molecule has 0 aromatic carbocycles. The van der Waals surface area contributed by atoms with Crippen LogP contribution >= 0.6 is 0 Å². The Balaban J connectivity index is 0. The molecule has 122 valence electrons. The first-order chi connectivity index (χ1) is 9.61. The Morgan fingerprint density at radius 2 is 1.09 bits per heavy atom. The summed E-state index contributed by atoms with van der Waals surface area (Å²) in [5.74, 6) is -4.92. The minimum Gasteiger partial charge on any atom is -0.480 e. The lowest BCUT2D eigenvalue weighted by Gasteiger charge is -2.30. The van der Waals surface area contributed by atoms with E-state index >= 15 is 0 Å². The normalized spacial score (nSPS) is 11.8. The average Bonchev–Trinajstić information content (AvgIpc) is 2.24. The first-order valence-corrected chi connectivity index (χ1v) is 5.95. The lowest BCUT2D eigenvalue weighted by Crippen LogP contribution is -2.48. The number of nitrogens with zero attached hydrogens (tertiary/aromatic N) is 2. The zero-order valence-corrected chi connectivity index (χ0v) is 13.6. The molecule has 0 aromatic rings. The maximum atomic E-state index is 10.7. The maximum absolute atomic E-state index is 10.7. The molecule has 0 saturated carbocycles. The van der Waals surface area contributed by atoms with Gasteiger partial charge < -0.3 is 20.4 Å². The van der Waals surface area contributed by atoms with Gasteiger partial charge in [-0.05, 0) is 6.92 Å². The molecule has 0 saturated heterocycles. The lowest BCUT2D eigenvalue weighted by atomic mass is 10.2. The standard InChI is InChI=1S/C11H18N2O8.Mg/c1-7(13(5-10(18)19)6-11(20)21)2-12(3-8(14)15)4-9(16)17;/h7H,2-6H2,1H3,(H,14,15)(H,16,17)(H,18,19)(H,20,21);. The molecule has 0 aliphatic carbocycles. The molecule has 11 heteroatoms. The van der Waals surface area contributed by atoms with Crippen LogP contribution in [0.2, 0.25) is 0 Å². The van der Waals surface area contributed by atoms with Gasteiger partial charge in [-0.3, -0.25) is 29.0 Å². The molecule has 1 atom stereocenters. The van der Waals surface area contributed by atoms with E-state index in [0.717, 1.165) is 9.80 Å². The van der Waals surface area contributed by atoms with E-state index in [4.69, 9.17) is 20.4 Å². The third kappa shape index (κ3) is 11.3. The van der Waals surface area contributed by atoms with E-state index in [9.17, 15) is 19.2 Å². The lowest BCUT2D eigenvalue weighted by molar-refractivity contribution is -0.146. The average molecular weight is 331 g/mol. The smallest absolute Gasteiger partial charge is 0.317 e. The highest BCUT2D eigenvalue weighted by atomic mass is 24.3. The maximum Gasteiger partial charge on any atom is 0.317 e. The molecule has 4 N–H and O–H groups in total. The summed E-state index contributed by atoms with van der Waals surface area (Å²) in [6.07, 6.45) is 0. The zero-order valence-electron chi connectivity index (χ0n) is 12.1. The summed E-state index contributed by atoms with van der Waals surface area (Å²) in [5, 5.41) is 34.9. The summed E-state index contributed by atoms with van der Waals surface area (Å²) in [6.45, 7) is -0.736. The van der Waals surface area contributed by atoms with Gasteiger partial charge in [0.1, 0.15) is 0 Å². The predicted molar refractivity (Wildman–Crippen MR) is 73.8 cm³/mol. The molecule has 0 amide bonds. The monoisotopic (exact) mass is 330 g/mol. The van der Waals surface area contributed by atoms with Gasteiger partial charge in [-0.25, -0.2) is 0 Å². The molecule has 0 aliphatic rings. The number of hydrogen-bond donors (Lipinski definition) is 4. The first-order valence-electron chi connectivity index (χ1n) is 5.95. The molecule has 0 aliphatic heterocycles. The molecule has 0 bridgehead atoms. The molecule has 0 spiro atoms. The predicted octanol–water partition coefficient (Wildman–Crippen LogP) is -2.06. The Hall–Kier alpha value is -1.43. The van der Waals surface area contributed by atoms with Gasteiger partial charge in [-0.15, -0.1) is 0 Å². The Morgan fingerprint density at radius 1 is 0.773 bits per heavy atom. The molecular weight excluding hydrogens is 312 g/mol. The summed E-state index contributed by atoms with van der Waals surface area (Å²) in [5.41, 5.74) is 0. The Kier molecular flexibility index (Phi) is 11.6. The van der Waals surface area contributed by atoms with Crippen molar-refractivity contribution < 1.29 is 39.6 Å². The van der Waals surface area contributed by atoms with Crippen LogP contribution in [0.1, 0.15) is 6.92 Å². The highest BCUT2D eigenvalue weighted by Crippen LogP contribution is 2.03. The van der Waals surface area contributed by atoms with E-state index in [1.807, 2.05) is 0 Å². The molecular formula is C11H18MgN2O8. The summed E-state index contributed by atoms with van der Waals surface area (Å²) >= 11 is 0. The van der Waals surface area contributed by atoms with Gasteiger partial charge >= 0.3 is 23.9 Å². The molecule has 0 heterocycles. The van der Waals surface area contributed by atoms with Crippen molar-refractivity contribution in [3.05, 3.63) is 0 Å². The second-order valence-corrected chi connectivity index (χ2v) is 4.50. The first kappa shape index (κ1) is 22.8. The molecule has 22 heavy (non-hydrogen) atoms. The van der Waals surface area contributed by atoms with Crippen molar-refractivity contribution in [3.8, 4) is 0 Å². The van der Waals surface area contributed by atoms with Crippen molar-refractivity contribution in [2.45, 2.75) is 13.0 Å². The fourth-order valence-electron chi connectivity index (χ4n) is 1.77. The van der Waals surface area contributed by atoms with Crippen LogP contribution in [0.4, 0.5) is 0 Å². The minimum atomic E-state index is -1.23. The number of hydrogen-bond acceptors (Lipinski definition) is 6. The van der Waals surface area contributed by atoms with E-state index in [-0.39, 0.29) is 29.6 Å². The van der Waals surface area contributed by atoms with Gasteiger partial charge in [0.25, 0.3) is 0 Å². The van der Waals surface area contributed by atoms with Crippen LogP contribution in [0.3, 0.4) is 0 Å². The van der Waals surface area contributed by atoms with Gasteiger partial charge in [0.15, 0.2) is 0 Å². The van der Waals surface area contributed by atoms with Crippen LogP contribution in [-0.2, 0) is 19.2 Å². The van der Waals surface area contributed by atoms with Crippen molar-refractivity contribution in [2.24, 2.45) is 0 Å². The summed E-state index contributed by atoms with van der Waals surface area (Å²) < 4.78 is 0. The molecule has 2 radical (unpaired) electrons. The summed E-state index contributed by atoms with van der Waals surface area (Å²) in [4.78, 5) is 44.9. The number of carbonyl (C=O) groups is 4. The van der Waals surface area contributed by atoms with Crippen LogP contribution in [-0.4, -0.2) is 116 Å². The van der Waals surface area contributed by atoms with Gasteiger partial charge in [0.05, 0.1) is 26.2 Å². The molecule has 1 unspecified atom stereocenters. The van der Waals surface area contributed by atoms with E-state index in [2.05, 4.69) is 0 Å². The minimum absolute atomic E-state index is 0. The SMILES string of the molecule is CC(CN(CC(=O)O)CC(=O)O)N(CC(=O)O)CC(=O)O.[Mg]. The van der Waals surface area contributed by atoms with Crippen LogP contribution in [0.5, 0.6) is 0 Å². The fraction of sp³-hybridized carbons (Fsp3) is 0.636. The third-order valence-corrected chi connectivity index (χ3v) is 2.54. The van der Waals surface area contributed by atoms with E-state index in [1.54, 1.807) is 0 Å². The zero-order chi connectivity index (χ0) is 16.6. The summed E-state index contributed by atoms with van der Waals surface area (Å²) in [6, 6.07) is -0.643. The van der Waals surface area contributed by atoms with Crippen molar-refractivity contribution in [1.29, 1.82) is 0 Å². The molecule has 0 rings (SSSR count). The van der Waals surface area contributed by atoms with Gasteiger partial charge in [0, 0.05) is 35.6 Å². The Morgan fingerprint density at radius 3 is 1.36 bits per heavy atom. The Bertz CT molecular complexity index is 385. The van der Waals surface area contributed by atoms with Crippen LogP contribution in [0, 0.1) is 0 Å². The van der Waals surface area contributed by atoms with Crippen molar-refractivity contribution in [2.75, 3.05) is 32.7 Å². The van der Waals surface area contributed by atoms with Crippen LogP contribution in [0.25, 0.3) is 0 Å². The topological polar surface area (TPSA) is 156 Å². The van der Waals surface area contributed by atoms with Gasteiger partial charge in [-0.1, -0.05) is 0 Å². The number of rotatable bonds is 11. The van der Waals surface area contributed by atoms with Crippen LogP contribution in [0.15, 0.2) is 0 Å². The molecule has 0 fully saturated rings. The summed E-state index contributed by atoms with van der Waals surface area (Å²) in [7, 11) is 0. The van der Waals surface area contributed by atoms with Crippen LogP contribution < -0.4 is 0 Å². The van der Waals surface area contributed by atoms with Crippen molar-refractivity contribution >= 4 is 46.9 Å². The third-order valence-electron chi connectivity index (χ3n) is 2.54. The second kappa shape index (κ2) is 11.2. The van der Waals surface area contributed by atoms with Gasteiger partial charge in [-0.2, -0.15) is 0 Å². The molecule has 10 nitrogen and oxygen atoms in total. The highest BCUT2D eigenvalue weighted by molar-refractivity contribution is 5.75. The quantitative estimate of drug-likeness (QED) is 0.310. The number of carboxylic acids is 4. The van der Waals surface area contributed by atoms with Crippen molar-refractivity contribution in [3.63, 3.8) is 0 Å². The van der Waals surface area contributed by atoms with E-state index in [1.165, 1.54) is 6.92 Å². The molecule has 0 aromatic heterocycles. The van der Waals surface area contributed by atoms with E-state index in [0.29, 0.717) is 0 Å². The second-order valence-electron chi connectivity index (χ2n) is 4.50. The number of carboxylic acid groups (broad SMARTS) is 4. The fourth-order valence-corrected chi connectivity index (χ4v) is 1.77. The highest BCUT2D eigenvalue weighted by Gasteiger charge is 2.23. The largest absolute Gasteiger partial charge is 0.480 e. The Labute approximate surface area is 142 Å². The van der Waals surface area contributed by atoms with E-state index < -0.39 is 56.1 Å².